The Bertz CT molecular complexity index is 672. The number of amides is 1. The molecule has 2 aromatic rings. The summed E-state index contributed by atoms with van der Waals surface area (Å²) in [4.78, 5) is 18.8. The third-order valence-corrected chi connectivity index (χ3v) is 3.38. The van der Waals surface area contributed by atoms with E-state index >= 15 is 0 Å². The van der Waals surface area contributed by atoms with Gasteiger partial charge in [0, 0.05) is 17.8 Å². The van der Waals surface area contributed by atoms with Crippen molar-refractivity contribution in [3.63, 3.8) is 0 Å². The van der Waals surface area contributed by atoms with E-state index in [0.29, 0.717) is 12.2 Å². The number of hydrogen-bond acceptors (Lipinski definition) is 3. The van der Waals surface area contributed by atoms with E-state index in [-0.39, 0.29) is 11.4 Å². The van der Waals surface area contributed by atoms with Gasteiger partial charge in [0.25, 0.3) is 5.91 Å². The van der Waals surface area contributed by atoms with Crippen LogP contribution in [-0.4, -0.2) is 23.0 Å². The van der Waals surface area contributed by atoms with Crippen LogP contribution in [-0.2, 0) is 0 Å². The van der Waals surface area contributed by atoms with Crippen molar-refractivity contribution in [2.45, 2.75) is 40.2 Å². The molecule has 0 saturated heterocycles. The fraction of sp³-hybridized carbons (Fsp3) is 0.368. The van der Waals surface area contributed by atoms with E-state index in [0.717, 1.165) is 16.9 Å². The maximum atomic E-state index is 12.7. The number of anilines is 2. The molecule has 1 N–H and O–H groups in total. The molecule has 0 spiro atoms. The number of pyridine rings is 1. The van der Waals surface area contributed by atoms with Gasteiger partial charge in [-0.1, -0.05) is 12.1 Å². The number of aryl methyl sites for hydroxylation is 1. The summed E-state index contributed by atoms with van der Waals surface area (Å²) in [6.07, 6.45) is 1.71. The smallest absolute Gasteiger partial charge is 0.276 e. The van der Waals surface area contributed by atoms with Crippen LogP contribution in [0.5, 0.6) is 0 Å². The second kappa shape index (κ2) is 6.82. The maximum absolute atomic E-state index is 12.7. The van der Waals surface area contributed by atoms with Crippen molar-refractivity contribution in [2.75, 3.05) is 16.8 Å². The second-order valence-corrected chi connectivity index (χ2v) is 6.70. The highest BCUT2D eigenvalue weighted by Crippen LogP contribution is 2.19. The summed E-state index contributed by atoms with van der Waals surface area (Å²) in [7, 11) is 0. The van der Waals surface area contributed by atoms with Gasteiger partial charge >= 0.3 is 0 Å². The topological polar surface area (TPSA) is 45.2 Å². The summed E-state index contributed by atoms with van der Waals surface area (Å²) in [5.41, 5.74) is 3.35. The maximum Gasteiger partial charge on any atom is 0.276 e. The highest BCUT2D eigenvalue weighted by atomic mass is 16.2. The van der Waals surface area contributed by atoms with Gasteiger partial charge in [0.15, 0.2) is 0 Å². The fourth-order valence-corrected chi connectivity index (χ4v) is 2.40. The van der Waals surface area contributed by atoms with E-state index in [1.807, 2.05) is 44.2 Å². The molecule has 1 amide bonds. The third kappa shape index (κ3) is 4.55. The van der Waals surface area contributed by atoms with Crippen LogP contribution in [0.2, 0.25) is 0 Å². The van der Waals surface area contributed by atoms with E-state index in [2.05, 4.69) is 31.1 Å². The third-order valence-electron chi connectivity index (χ3n) is 3.38. The molecule has 0 radical (unpaired) electrons. The predicted molar refractivity (Wildman–Crippen MR) is 96.1 cm³/mol. The zero-order chi connectivity index (χ0) is 17.0. The number of carbonyl (C=O) groups excluding carboxylic acids is 1. The number of carbonyl (C=O) groups is 1. The molecule has 2 rings (SSSR count). The van der Waals surface area contributed by atoms with Crippen molar-refractivity contribution in [2.24, 2.45) is 0 Å². The molecular formula is C19H25N3O. The Morgan fingerprint density at radius 2 is 1.96 bits per heavy atom. The summed E-state index contributed by atoms with van der Waals surface area (Å²) >= 11 is 0. The largest absolute Gasteiger partial charge is 0.379 e. The molecule has 0 aliphatic carbocycles. The molecule has 122 valence electrons. The molecule has 0 bridgehead atoms. The van der Waals surface area contributed by atoms with Crippen LogP contribution in [0.15, 0.2) is 42.6 Å². The van der Waals surface area contributed by atoms with Gasteiger partial charge in [-0.3, -0.25) is 4.79 Å². The Morgan fingerprint density at radius 3 is 2.48 bits per heavy atom. The first kappa shape index (κ1) is 17.0. The lowest BCUT2D eigenvalue weighted by atomic mass is 10.1. The summed E-state index contributed by atoms with van der Waals surface area (Å²) < 4.78 is 0. The molecule has 23 heavy (non-hydrogen) atoms. The average molecular weight is 311 g/mol. The Balaban J connectivity index is 2.21. The second-order valence-electron chi connectivity index (χ2n) is 6.70. The van der Waals surface area contributed by atoms with Crippen LogP contribution in [0, 0.1) is 6.92 Å². The quantitative estimate of drug-likeness (QED) is 0.917. The van der Waals surface area contributed by atoms with Crippen LogP contribution < -0.4 is 10.2 Å². The van der Waals surface area contributed by atoms with Gasteiger partial charge < -0.3 is 10.2 Å². The zero-order valence-electron chi connectivity index (χ0n) is 14.6. The lowest BCUT2D eigenvalue weighted by molar-refractivity contribution is 0.0983. The highest BCUT2D eigenvalue weighted by Gasteiger charge is 2.18. The van der Waals surface area contributed by atoms with Gasteiger partial charge in [0.05, 0.1) is 11.9 Å². The molecule has 0 fully saturated rings. The summed E-state index contributed by atoms with van der Waals surface area (Å²) in [6, 6.07) is 11.6. The van der Waals surface area contributed by atoms with Crippen LogP contribution in [0.25, 0.3) is 0 Å². The molecule has 4 nitrogen and oxygen atoms in total. The van der Waals surface area contributed by atoms with Crippen LogP contribution in [0.4, 0.5) is 11.4 Å². The van der Waals surface area contributed by atoms with E-state index < -0.39 is 0 Å². The lowest BCUT2D eigenvalue weighted by Gasteiger charge is -2.23. The number of rotatable bonds is 4. The van der Waals surface area contributed by atoms with Crippen molar-refractivity contribution in [1.29, 1.82) is 0 Å². The first-order valence-corrected chi connectivity index (χ1v) is 7.93. The first-order valence-electron chi connectivity index (χ1n) is 7.93. The fourth-order valence-electron chi connectivity index (χ4n) is 2.40. The Labute approximate surface area is 138 Å². The van der Waals surface area contributed by atoms with Gasteiger partial charge in [-0.25, -0.2) is 4.98 Å². The van der Waals surface area contributed by atoms with E-state index in [1.54, 1.807) is 17.2 Å². The molecule has 0 atom stereocenters. The Morgan fingerprint density at radius 1 is 1.22 bits per heavy atom. The van der Waals surface area contributed by atoms with Crippen molar-refractivity contribution in [3.8, 4) is 0 Å². The predicted octanol–water partition coefficient (Wildman–Crippen LogP) is 4.27. The SMILES string of the molecule is CCN(C(=O)c1ccc(NC(C)(C)C)cn1)c1cccc(C)c1. The van der Waals surface area contributed by atoms with Gasteiger partial charge in [-0.05, 0) is 64.4 Å². The van der Waals surface area contributed by atoms with Crippen LogP contribution in [0.1, 0.15) is 43.7 Å². The van der Waals surface area contributed by atoms with Crippen LogP contribution in [0.3, 0.4) is 0 Å². The number of hydrogen-bond donors (Lipinski definition) is 1. The number of aromatic nitrogens is 1. The number of nitrogens with one attached hydrogen (secondary N) is 1. The van der Waals surface area contributed by atoms with Crippen molar-refractivity contribution in [1.82, 2.24) is 4.98 Å². The molecule has 0 aliphatic heterocycles. The standard InChI is InChI=1S/C19H25N3O/c1-6-22(16-9-7-8-14(2)12-16)18(23)17-11-10-15(13-20-17)21-19(3,4)5/h7-13,21H,6H2,1-5H3. The minimum atomic E-state index is -0.0830. The Kier molecular flexibility index (Phi) is 5.04. The normalized spacial score (nSPS) is 11.2. The molecule has 0 aliphatic rings. The molecule has 1 heterocycles. The molecule has 4 heteroatoms. The first-order chi connectivity index (χ1) is 10.8. The van der Waals surface area contributed by atoms with Crippen molar-refractivity contribution in [3.05, 3.63) is 53.9 Å². The number of benzene rings is 1. The van der Waals surface area contributed by atoms with Crippen molar-refractivity contribution < 1.29 is 4.79 Å². The van der Waals surface area contributed by atoms with Gasteiger partial charge in [-0.15, -0.1) is 0 Å². The molecule has 0 saturated carbocycles. The van der Waals surface area contributed by atoms with Gasteiger partial charge in [-0.2, -0.15) is 0 Å². The van der Waals surface area contributed by atoms with Gasteiger partial charge in [0.2, 0.25) is 0 Å². The molecule has 1 aromatic carbocycles. The average Bonchev–Trinajstić information content (AvgIpc) is 2.47. The molecule has 0 unspecified atom stereocenters. The molecular weight excluding hydrogens is 286 g/mol. The van der Waals surface area contributed by atoms with Gasteiger partial charge in [0.1, 0.15) is 5.69 Å². The Hall–Kier alpha value is -2.36. The van der Waals surface area contributed by atoms with E-state index in [1.165, 1.54) is 0 Å². The summed E-state index contributed by atoms with van der Waals surface area (Å²) in [6.45, 7) is 10.8. The summed E-state index contributed by atoms with van der Waals surface area (Å²) in [5, 5.41) is 3.34. The van der Waals surface area contributed by atoms with Crippen molar-refractivity contribution >= 4 is 17.3 Å². The molecule has 1 aromatic heterocycles. The van der Waals surface area contributed by atoms with Crippen LogP contribution >= 0.6 is 0 Å². The van der Waals surface area contributed by atoms with E-state index in [9.17, 15) is 4.79 Å². The monoisotopic (exact) mass is 311 g/mol. The minimum Gasteiger partial charge on any atom is -0.379 e. The lowest BCUT2D eigenvalue weighted by Crippen LogP contribution is -2.31. The van der Waals surface area contributed by atoms with E-state index in [4.69, 9.17) is 0 Å². The highest BCUT2D eigenvalue weighted by molar-refractivity contribution is 6.04. The zero-order valence-corrected chi connectivity index (χ0v) is 14.6. The minimum absolute atomic E-state index is 0.0375. The number of nitrogens with zero attached hydrogens (tertiary/aromatic N) is 2. The summed E-state index contributed by atoms with van der Waals surface area (Å²) in [5.74, 6) is -0.0830.